The van der Waals surface area contributed by atoms with Crippen LogP contribution in [-0.2, 0) is 14.0 Å². The largest absolute Gasteiger partial charge is 0.413 e. The van der Waals surface area contributed by atoms with Gasteiger partial charge in [0.25, 0.3) is 0 Å². The van der Waals surface area contributed by atoms with Crippen molar-refractivity contribution < 1.29 is 14.0 Å². The van der Waals surface area contributed by atoms with E-state index in [2.05, 4.69) is 59.3 Å². The van der Waals surface area contributed by atoms with Gasteiger partial charge < -0.3 is 9.16 Å². The van der Waals surface area contributed by atoms with Crippen LogP contribution in [0.2, 0.25) is 18.1 Å². The second kappa shape index (κ2) is 17.2. The summed E-state index contributed by atoms with van der Waals surface area (Å²) in [5.41, 5.74) is 3.71. The molecule has 0 saturated carbocycles. The summed E-state index contributed by atoms with van der Waals surface area (Å²) in [6.07, 6.45) is 22.4. The number of rotatable bonds is 21. The average molecular weight is 498 g/mol. The molecule has 0 radical (unpaired) electrons. The molecule has 0 amide bonds. The van der Waals surface area contributed by atoms with Crippen LogP contribution in [0.3, 0.4) is 0 Å². The summed E-state index contributed by atoms with van der Waals surface area (Å²) in [5, 5.41) is 0.187. The summed E-state index contributed by atoms with van der Waals surface area (Å²) in [5.74, 6) is 0. The van der Waals surface area contributed by atoms with Gasteiger partial charge in [-0.2, -0.15) is 0 Å². The fourth-order valence-electron chi connectivity index (χ4n) is 4.06. The highest BCUT2D eigenvalue weighted by molar-refractivity contribution is 6.74. The van der Waals surface area contributed by atoms with E-state index in [0.29, 0.717) is 13.2 Å². The Labute approximate surface area is 214 Å². The van der Waals surface area contributed by atoms with E-state index in [4.69, 9.17) is 14.0 Å². The maximum Gasteiger partial charge on any atom is 0.192 e. The molecular formula is C29H59NO3Si. The first-order chi connectivity index (χ1) is 16.2. The Bertz CT molecular complexity index is 544. The van der Waals surface area contributed by atoms with Crippen LogP contribution in [0.15, 0.2) is 11.8 Å². The molecule has 1 rings (SSSR count). The molecule has 0 aromatic carbocycles. The van der Waals surface area contributed by atoms with Gasteiger partial charge in [0, 0.05) is 12.3 Å². The summed E-state index contributed by atoms with van der Waals surface area (Å²) in [6.45, 7) is 17.8. The molecule has 4 nitrogen and oxygen atoms in total. The van der Waals surface area contributed by atoms with Gasteiger partial charge >= 0.3 is 0 Å². The topological polar surface area (TPSA) is 39.7 Å². The zero-order valence-corrected chi connectivity index (χ0v) is 25.0. The lowest BCUT2D eigenvalue weighted by atomic mass is 10.0. The minimum Gasteiger partial charge on any atom is -0.413 e. The van der Waals surface area contributed by atoms with Crippen LogP contribution in [0.1, 0.15) is 131 Å². The Hall–Kier alpha value is -0.363. The van der Waals surface area contributed by atoms with Gasteiger partial charge in [0.15, 0.2) is 13.9 Å². The van der Waals surface area contributed by atoms with Crippen molar-refractivity contribution in [2.45, 2.75) is 155 Å². The molecule has 0 spiro atoms. The molecule has 202 valence electrons. The standard InChI is InChI=1S/C29H59NO3Si/c1-8-10-11-12-13-14-15-16-17-18-19-20-21-22-23-31-25-29(24-27(9-2)30-33-29)26-32-34(6,7)28(3,4)5/h24,30H,8-23,25-26H2,1-7H3. The van der Waals surface area contributed by atoms with Gasteiger partial charge in [-0.05, 0) is 37.0 Å². The monoisotopic (exact) mass is 497 g/mol. The Morgan fingerprint density at radius 1 is 0.794 bits per heavy atom. The zero-order chi connectivity index (χ0) is 25.3. The molecule has 5 heteroatoms. The summed E-state index contributed by atoms with van der Waals surface area (Å²) in [4.78, 5) is 6.01. The van der Waals surface area contributed by atoms with Crippen LogP contribution in [-0.4, -0.2) is 33.7 Å². The van der Waals surface area contributed by atoms with Crippen molar-refractivity contribution in [3.63, 3.8) is 0 Å². The Balaban J connectivity index is 2.13. The highest BCUT2D eigenvalue weighted by Gasteiger charge is 2.42. The van der Waals surface area contributed by atoms with Crippen molar-refractivity contribution >= 4 is 8.32 Å². The van der Waals surface area contributed by atoms with Crippen LogP contribution in [0.4, 0.5) is 0 Å². The first-order valence-corrected chi connectivity index (χ1v) is 17.4. The number of nitrogens with one attached hydrogen (secondary N) is 1. The lowest BCUT2D eigenvalue weighted by molar-refractivity contribution is -0.109. The van der Waals surface area contributed by atoms with E-state index >= 15 is 0 Å². The Morgan fingerprint density at radius 3 is 1.74 bits per heavy atom. The summed E-state index contributed by atoms with van der Waals surface area (Å²) >= 11 is 0. The van der Waals surface area contributed by atoms with Crippen molar-refractivity contribution in [3.05, 3.63) is 11.8 Å². The predicted molar refractivity (Wildman–Crippen MR) is 150 cm³/mol. The summed E-state index contributed by atoms with van der Waals surface area (Å²) < 4.78 is 12.6. The number of hydrogen-bond acceptors (Lipinski definition) is 4. The number of hydroxylamine groups is 1. The van der Waals surface area contributed by atoms with E-state index in [1.165, 1.54) is 83.5 Å². The highest BCUT2D eigenvalue weighted by Crippen LogP contribution is 2.37. The van der Waals surface area contributed by atoms with Crippen molar-refractivity contribution in [1.29, 1.82) is 0 Å². The van der Waals surface area contributed by atoms with Crippen LogP contribution < -0.4 is 5.48 Å². The molecule has 1 N–H and O–H groups in total. The molecule has 0 aliphatic carbocycles. The van der Waals surface area contributed by atoms with Crippen molar-refractivity contribution in [2.75, 3.05) is 19.8 Å². The highest BCUT2D eigenvalue weighted by atomic mass is 28.4. The molecule has 1 aliphatic heterocycles. The minimum atomic E-state index is -1.84. The molecule has 0 aromatic heterocycles. The third-order valence-electron chi connectivity index (χ3n) is 7.68. The molecule has 1 aliphatic rings. The number of ether oxygens (including phenoxy) is 1. The quantitative estimate of drug-likeness (QED) is 0.127. The fourth-order valence-corrected chi connectivity index (χ4v) is 5.10. The lowest BCUT2D eigenvalue weighted by Crippen LogP contribution is -2.48. The second-order valence-electron chi connectivity index (χ2n) is 12.0. The maximum absolute atomic E-state index is 6.50. The zero-order valence-electron chi connectivity index (χ0n) is 24.0. The minimum absolute atomic E-state index is 0.187. The summed E-state index contributed by atoms with van der Waals surface area (Å²) in [6, 6.07) is 0. The molecule has 0 fully saturated rings. The number of unbranched alkanes of at least 4 members (excludes halogenated alkanes) is 13. The average Bonchev–Trinajstić information content (AvgIpc) is 3.20. The normalized spacial score (nSPS) is 18.9. The lowest BCUT2D eigenvalue weighted by Gasteiger charge is -2.38. The Morgan fingerprint density at radius 2 is 1.29 bits per heavy atom. The smallest absolute Gasteiger partial charge is 0.192 e. The van der Waals surface area contributed by atoms with Crippen LogP contribution in [0.25, 0.3) is 0 Å². The maximum atomic E-state index is 6.50. The van der Waals surface area contributed by atoms with Crippen LogP contribution in [0.5, 0.6) is 0 Å². The van der Waals surface area contributed by atoms with Gasteiger partial charge in [-0.3, -0.25) is 10.3 Å². The molecule has 0 bridgehead atoms. The molecule has 0 aromatic rings. The van der Waals surface area contributed by atoms with E-state index in [-0.39, 0.29) is 5.04 Å². The van der Waals surface area contributed by atoms with Crippen molar-refractivity contribution in [2.24, 2.45) is 0 Å². The number of hydrogen-bond donors (Lipinski definition) is 1. The van der Waals surface area contributed by atoms with Gasteiger partial charge in [0.2, 0.25) is 0 Å². The predicted octanol–water partition coefficient (Wildman–Crippen LogP) is 9.07. The SMILES string of the molecule is CCCCCCCCCCCCCCCCOCC1(CO[Si](C)(C)C(C)(C)C)C=C(CC)NO1. The van der Waals surface area contributed by atoms with Crippen molar-refractivity contribution in [1.82, 2.24) is 5.48 Å². The first-order valence-electron chi connectivity index (χ1n) is 14.5. The van der Waals surface area contributed by atoms with E-state index in [9.17, 15) is 0 Å². The van der Waals surface area contributed by atoms with Gasteiger partial charge in [0.05, 0.1) is 13.2 Å². The van der Waals surface area contributed by atoms with E-state index in [0.717, 1.165) is 25.1 Å². The first kappa shape index (κ1) is 31.7. The van der Waals surface area contributed by atoms with E-state index < -0.39 is 13.9 Å². The molecule has 1 heterocycles. The number of allylic oxidation sites excluding steroid dienone is 1. The Kier molecular flexibility index (Phi) is 16.0. The fraction of sp³-hybridized carbons (Fsp3) is 0.931. The van der Waals surface area contributed by atoms with Crippen LogP contribution in [0, 0.1) is 0 Å². The molecule has 1 atom stereocenters. The molecule has 34 heavy (non-hydrogen) atoms. The van der Waals surface area contributed by atoms with Gasteiger partial charge in [0.1, 0.15) is 0 Å². The van der Waals surface area contributed by atoms with E-state index in [1.807, 2.05) is 0 Å². The van der Waals surface area contributed by atoms with Gasteiger partial charge in [-0.15, -0.1) is 0 Å². The van der Waals surface area contributed by atoms with E-state index in [1.54, 1.807) is 0 Å². The summed E-state index contributed by atoms with van der Waals surface area (Å²) in [7, 11) is -1.84. The van der Waals surface area contributed by atoms with Crippen molar-refractivity contribution in [3.8, 4) is 0 Å². The molecule has 0 saturated heterocycles. The third-order valence-corrected chi connectivity index (χ3v) is 12.2. The van der Waals surface area contributed by atoms with Gasteiger partial charge in [-0.1, -0.05) is 118 Å². The second-order valence-corrected chi connectivity index (χ2v) is 16.8. The van der Waals surface area contributed by atoms with Gasteiger partial charge in [-0.25, -0.2) is 0 Å². The molecule has 1 unspecified atom stereocenters. The molecular weight excluding hydrogens is 438 g/mol. The van der Waals surface area contributed by atoms with Crippen LogP contribution >= 0.6 is 0 Å². The third kappa shape index (κ3) is 13.1.